The van der Waals surface area contributed by atoms with Crippen LogP contribution in [0.4, 0.5) is 0 Å². The predicted molar refractivity (Wildman–Crippen MR) is 95.9 cm³/mol. The molecule has 1 aliphatic rings. The van der Waals surface area contributed by atoms with E-state index >= 15 is 0 Å². The van der Waals surface area contributed by atoms with Gasteiger partial charge in [-0.3, -0.25) is 9.78 Å². The largest absolute Gasteiger partial charge is 0.396 e. The van der Waals surface area contributed by atoms with E-state index in [1.165, 1.54) is 0 Å². The zero-order valence-electron chi connectivity index (χ0n) is 14.5. The van der Waals surface area contributed by atoms with Gasteiger partial charge in [0.25, 0.3) is 0 Å². The van der Waals surface area contributed by atoms with Crippen LogP contribution in [0.1, 0.15) is 42.5 Å². The summed E-state index contributed by atoms with van der Waals surface area (Å²) in [7, 11) is 0. The minimum atomic E-state index is 0.0311. The van der Waals surface area contributed by atoms with Crippen molar-refractivity contribution in [2.24, 2.45) is 5.92 Å². The Kier molecular flexibility index (Phi) is 5.14. The second-order valence-electron chi connectivity index (χ2n) is 6.90. The quantitative estimate of drug-likeness (QED) is 0.908. The number of carbonyl (C=O) groups is 1. The average Bonchev–Trinajstić information content (AvgIpc) is 2.59. The van der Waals surface area contributed by atoms with Gasteiger partial charge in [-0.1, -0.05) is 31.0 Å². The fourth-order valence-corrected chi connectivity index (χ4v) is 3.87. The molecule has 1 aromatic heterocycles. The number of amides is 1. The molecule has 2 N–H and O–H groups in total. The van der Waals surface area contributed by atoms with Crippen LogP contribution in [0.3, 0.4) is 0 Å². The lowest BCUT2D eigenvalue weighted by molar-refractivity contribution is -0.121. The first-order chi connectivity index (χ1) is 11.6. The summed E-state index contributed by atoms with van der Waals surface area (Å²) in [6.07, 6.45) is 4.58. The van der Waals surface area contributed by atoms with Crippen molar-refractivity contribution in [2.45, 2.75) is 52.0 Å². The van der Waals surface area contributed by atoms with Crippen LogP contribution in [0.15, 0.2) is 24.3 Å². The molecule has 24 heavy (non-hydrogen) atoms. The highest BCUT2D eigenvalue weighted by Gasteiger charge is 2.26. The van der Waals surface area contributed by atoms with Crippen molar-refractivity contribution in [1.82, 2.24) is 10.3 Å². The summed E-state index contributed by atoms with van der Waals surface area (Å²) in [6.45, 7) is 4.19. The third-order valence-electron chi connectivity index (χ3n) is 5.31. The van der Waals surface area contributed by atoms with E-state index in [1.807, 2.05) is 25.1 Å². The number of nitrogens with zero attached hydrogens (tertiary/aromatic N) is 1. The van der Waals surface area contributed by atoms with Gasteiger partial charge in [0.2, 0.25) is 5.91 Å². The molecule has 2 atom stereocenters. The highest BCUT2D eigenvalue weighted by atomic mass is 16.3. The maximum absolute atomic E-state index is 12.6. The fraction of sp³-hybridized carbons (Fsp3) is 0.500. The third-order valence-corrected chi connectivity index (χ3v) is 5.31. The maximum Gasteiger partial charge on any atom is 0.224 e. The fourth-order valence-electron chi connectivity index (χ4n) is 3.87. The number of carbonyl (C=O) groups excluding carboxylic acids is 1. The SMILES string of the molecule is Cc1nc2ccccc2c(C)c1CC(=O)NC1CCCCC1CO. The molecule has 1 saturated carbocycles. The van der Waals surface area contributed by atoms with Crippen molar-refractivity contribution >= 4 is 16.8 Å². The Morgan fingerprint density at radius 1 is 1.25 bits per heavy atom. The van der Waals surface area contributed by atoms with Gasteiger partial charge in [0.15, 0.2) is 0 Å². The van der Waals surface area contributed by atoms with E-state index in [0.717, 1.165) is 53.4 Å². The van der Waals surface area contributed by atoms with Crippen LogP contribution in [0.2, 0.25) is 0 Å². The van der Waals surface area contributed by atoms with Crippen molar-refractivity contribution < 1.29 is 9.90 Å². The van der Waals surface area contributed by atoms with Crippen LogP contribution >= 0.6 is 0 Å². The molecule has 0 bridgehead atoms. The maximum atomic E-state index is 12.6. The van der Waals surface area contributed by atoms with E-state index in [-0.39, 0.29) is 24.5 Å². The lowest BCUT2D eigenvalue weighted by atomic mass is 9.85. The Labute approximate surface area is 143 Å². The van der Waals surface area contributed by atoms with Gasteiger partial charge in [0.1, 0.15) is 0 Å². The van der Waals surface area contributed by atoms with Gasteiger partial charge in [-0.25, -0.2) is 0 Å². The van der Waals surface area contributed by atoms with Crippen molar-refractivity contribution in [3.63, 3.8) is 0 Å². The number of hydrogen-bond acceptors (Lipinski definition) is 3. The standard InChI is InChI=1S/C20H26N2O2/c1-13-16-8-4-6-10-19(16)21-14(2)17(13)11-20(24)22-18-9-5-3-7-15(18)12-23/h4,6,8,10,15,18,23H,3,5,7,9,11-12H2,1-2H3,(H,22,24). The second-order valence-corrected chi connectivity index (χ2v) is 6.90. The van der Waals surface area contributed by atoms with Gasteiger partial charge < -0.3 is 10.4 Å². The first kappa shape index (κ1) is 16.9. The van der Waals surface area contributed by atoms with E-state index in [0.29, 0.717) is 6.42 Å². The summed E-state index contributed by atoms with van der Waals surface area (Å²) in [4.78, 5) is 17.2. The molecule has 0 aliphatic heterocycles. The minimum absolute atomic E-state index is 0.0311. The van der Waals surface area contributed by atoms with Crippen molar-refractivity contribution in [2.75, 3.05) is 6.61 Å². The highest BCUT2D eigenvalue weighted by molar-refractivity contribution is 5.86. The number of nitrogens with one attached hydrogen (secondary N) is 1. The molecule has 2 unspecified atom stereocenters. The molecule has 128 valence electrons. The summed E-state index contributed by atoms with van der Waals surface area (Å²) < 4.78 is 0. The number of aromatic nitrogens is 1. The lowest BCUT2D eigenvalue weighted by Crippen LogP contribution is -2.44. The molecule has 0 radical (unpaired) electrons. The summed E-state index contributed by atoms with van der Waals surface area (Å²) in [5.41, 5.74) is 4.05. The summed E-state index contributed by atoms with van der Waals surface area (Å²) in [5.74, 6) is 0.225. The molecular formula is C20H26N2O2. The molecule has 3 rings (SSSR count). The molecule has 0 spiro atoms. The number of pyridine rings is 1. The van der Waals surface area contributed by atoms with Gasteiger partial charge in [0.05, 0.1) is 11.9 Å². The number of hydrogen-bond donors (Lipinski definition) is 2. The number of aliphatic hydroxyl groups is 1. The monoisotopic (exact) mass is 326 g/mol. The molecule has 0 saturated heterocycles. The first-order valence-electron chi connectivity index (χ1n) is 8.85. The van der Waals surface area contributed by atoms with Crippen LogP contribution in [0.25, 0.3) is 10.9 Å². The van der Waals surface area contributed by atoms with E-state index in [4.69, 9.17) is 0 Å². The second kappa shape index (κ2) is 7.31. The normalized spacial score (nSPS) is 21.0. The number of rotatable bonds is 4. The molecule has 1 amide bonds. The lowest BCUT2D eigenvalue weighted by Gasteiger charge is -2.31. The third kappa shape index (κ3) is 3.44. The minimum Gasteiger partial charge on any atom is -0.396 e. The van der Waals surface area contributed by atoms with Gasteiger partial charge in [-0.05, 0) is 43.9 Å². The molecule has 1 aliphatic carbocycles. The van der Waals surface area contributed by atoms with Crippen LogP contribution in [0, 0.1) is 19.8 Å². The molecule has 4 nitrogen and oxygen atoms in total. The summed E-state index contributed by atoms with van der Waals surface area (Å²) in [5, 5.41) is 13.8. The highest BCUT2D eigenvalue weighted by Crippen LogP contribution is 2.25. The van der Waals surface area contributed by atoms with E-state index in [1.54, 1.807) is 0 Å². The number of benzene rings is 1. The predicted octanol–water partition coefficient (Wildman–Crippen LogP) is 3.06. The van der Waals surface area contributed by atoms with Gasteiger partial charge in [0, 0.05) is 29.6 Å². The molecular weight excluding hydrogens is 300 g/mol. The van der Waals surface area contributed by atoms with E-state index < -0.39 is 0 Å². The van der Waals surface area contributed by atoms with Crippen molar-refractivity contribution in [1.29, 1.82) is 0 Å². The van der Waals surface area contributed by atoms with Gasteiger partial charge in [-0.2, -0.15) is 0 Å². The first-order valence-corrected chi connectivity index (χ1v) is 8.85. The molecule has 1 heterocycles. The van der Waals surface area contributed by atoms with Gasteiger partial charge >= 0.3 is 0 Å². The van der Waals surface area contributed by atoms with Crippen LogP contribution in [-0.4, -0.2) is 28.6 Å². The molecule has 4 heteroatoms. The van der Waals surface area contributed by atoms with Crippen molar-refractivity contribution in [3.8, 4) is 0 Å². The Balaban J connectivity index is 1.78. The van der Waals surface area contributed by atoms with E-state index in [9.17, 15) is 9.90 Å². The smallest absolute Gasteiger partial charge is 0.224 e. The number of aryl methyl sites for hydroxylation is 2. The Hall–Kier alpha value is -1.94. The summed E-state index contributed by atoms with van der Waals surface area (Å²) in [6, 6.07) is 8.15. The average molecular weight is 326 g/mol. The zero-order chi connectivity index (χ0) is 17.1. The van der Waals surface area contributed by atoms with E-state index in [2.05, 4.69) is 23.3 Å². The zero-order valence-corrected chi connectivity index (χ0v) is 14.5. The molecule has 2 aromatic rings. The topological polar surface area (TPSA) is 62.2 Å². The van der Waals surface area contributed by atoms with Crippen LogP contribution in [-0.2, 0) is 11.2 Å². The number of fused-ring (bicyclic) bond motifs is 1. The van der Waals surface area contributed by atoms with Crippen molar-refractivity contribution in [3.05, 3.63) is 41.1 Å². The Bertz CT molecular complexity index is 742. The molecule has 1 fully saturated rings. The van der Waals surface area contributed by atoms with Crippen LogP contribution < -0.4 is 5.32 Å². The Morgan fingerprint density at radius 2 is 2.00 bits per heavy atom. The molecule has 1 aromatic carbocycles. The number of para-hydroxylation sites is 1. The number of aliphatic hydroxyl groups excluding tert-OH is 1. The van der Waals surface area contributed by atoms with Crippen LogP contribution in [0.5, 0.6) is 0 Å². The summed E-state index contributed by atoms with van der Waals surface area (Å²) >= 11 is 0. The Morgan fingerprint density at radius 3 is 2.79 bits per heavy atom. The van der Waals surface area contributed by atoms with Gasteiger partial charge in [-0.15, -0.1) is 0 Å².